The van der Waals surface area contributed by atoms with E-state index in [4.69, 9.17) is 4.74 Å². The zero-order chi connectivity index (χ0) is 18.8. The maximum atomic E-state index is 13.5. The minimum absolute atomic E-state index is 0.143. The summed E-state index contributed by atoms with van der Waals surface area (Å²) in [6, 6.07) is 11.7. The molecule has 0 fully saturated rings. The molecule has 7 nitrogen and oxygen atoms in total. The lowest BCUT2D eigenvalue weighted by atomic mass is 10.2. The van der Waals surface area contributed by atoms with Gasteiger partial charge in [-0.15, -0.1) is 5.10 Å². The standard InChI is InChI=1S/C19H14FN5O2/c1-12(26)23-15-2-4-16(5-3-15)27-19-7-6-18-22-11-17(25(18)24-19)13-8-14(20)10-21-9-13/h2-11H,1H3,(H,23,26). The summed E-state index contributed by atoms with van der Waals surface area (Å²) in [6.07, 6.45) is 4.28. The van der Waals surface area contributed by atoms with E-state index >= 15 is 0 Å². The number of hydrogen-bond acceptors (Lipinski definition) is 5. The van der Waals surface area contributed by atoms with Crippen LogP contribution in [0.5, 0.6) is 11.6 Å². The minimum atomic E-state index is -0.436. The van der Waals surface area contributed by atoms with Gasteiger partial charge in [0.15, 0.2) is 5.65 Å². The summed E-state index contributed by atoms with van der Waals surface area (Å²) >= 11 is 0. The van der Waals surface area contributed by atoms with Crippen LogP contribution < -0.4 is 10.1 Å². The number of nitrogens with zero attached hydrogens (tertiary/aromatic N) is 4. The van der Waals surface area contributed by atoms with Crippen molar-refractivity contribution in [3.63, 3.8) is 0 Å². The Bertz CT molecular complexity index is 1120. The Morgan fingerprint density at radius 3 is 2.67 bits per heavy atom. The van der Waals surface area contributed by atoms with Gasteiger partial charge in [-0.05, 0) is 36.4 Å². The number of nitrogens with one attached hydrogen (secondary N) is 1. The van der Waals surface area contributed by atoms with Crippen molar-refractivity contribution in [1.82, 2.24) is 19.6 Å². The number of benzene rings is 1. The molecule has 0 aliphatic rings. The van der Waals surface area contributed by atoms with Crippen molar-refractivity contribution in [1.29, 1.82) is 0 Å². The van der Waals surface area contributed by atoms with E-state index in [1.165, 1.54) is 13.0 Å². The average molecular weight is 363 g/mol. The van der Waals surface area contributed by atoms with Gasteiger partial charge in [0.1, 0.15) is 11.6 Å². The number of amides is 1. The van der Waals surface area contributed by atoms with Crippen LogP contribution in [-0.4, -0.2) is 25.5 Å². The maximum absolute atomic E-state index is 13.5. The molecule has 0 radical (unpaired) electrons. The quantitative estimate of drug-likeness (QED) is 0.598. The highest BCUT2D eigenvalue weighted by atomic mass is 19.1. The molecule has 0 atom stereocenters. The number of pyridine rings is 1. The van der Waals surface area contributed by atoms with Crippen molar-refractivity contribution >= 4 is 17.2 Å². The number of ether oxygens (including phenoxy) is 1. The van der Waals surface area contributed by atoms with Gasteiger partial charge in [-0.25, -0.2) is 13.9 Å². The predicted molar refractivity (Wildman–Crippen MR) is 97.0 cm³/mol. The first kappa shape index (κ1) is 16.6. The van der Waals surface area contributed by atoms with Crippen molar-refractivity contribution < 1.29 is 13.9 Å². The minimum Gasteiger partial charge on any atom is -0.438 e. The molecule has 0 saturated carbocycles. The Labute approximate surface area is 153 Å². The Kier molecular flexibility index (Phi) is 4.21. The predicted octanol–water partition coefficient (Wildman–Crippen LogP) is 3.68. The summed E-state index contributed by atoms with van der Waals surface area (Å²) in [5.41, 5.74) is 2.44. The summed E-state index contributed by atoms with van der Waals surface area (Å²) in [5, 5.41) is 7.11. The van der Waals surface area contributed by atoms with Gasteiger partial charge in [-0.2, -0.15) is 0 Å². The van der Waals surface area contributed by atoms with Crippen LogP contribution >= 0.6 is 0 Å². The van der Waals surface area contributed by atoms with E-state index in [9.17, 15) is 9.18 Å². The van der Waals surface area contributed by atoms with Gasteiger partial charge >= 0.3 is 0 Å². The monoisotopic (exact) mass is 363 g/mol. The Morgan fingerprint density at radius 2 is 1.93 bits per heavy atom. The molecule has 4 rings (SSSR count). The molecule has 134 valence electrons. The number of aromatic nitrogens is 4. The van der Waals surface area contributed by atoms with Crippen LogP contribution in [0.1, 0.15) is 6.92 Å². The Morgan fingerprint density at radius 1 is 1.11 bits per heavy atom. The Hall–Kier alpha value is -3.81. The SMILES string of the molecule is CC(=O)Nc1ccc(Oc2ccc3ncc(-c4cncc(F)c4)n3n2)cc1. The summed E-state index contributed by atoms with van der Waals surface area (Å²) in [7, 11) is 0. The molecule has 1 amide bonds. The highest BCUT2D eigenvalue weighted by Crippen LogP contribution is 2.24. The molecule has 0 bridgehead atoms. The van der Waals surface area contributed by atoms with E-state index in [1.54, 1.807) is 53.3 Å². The highest BCUT2D eigenvalue weighted by Gasteiger charge is 2.10. The molecule has 4 aromatic rings. The average Bonchev–Trinajstić information content (AvgIpc) is 3.06. The largest absolute Gasteiger partial charge is 0.438 e. The fourth-order valence-corrected chi connectivity index (χ4v) is 2.59. The second-order valence-corrected chi connectivity index (χ2v) is 5.78. The van der Waals surface area contributed by atoms with Gasteiger partial charge in [0.05, 0.1) is 18.1 Å². The zero-order valence-corrected chi connectivity index (χ0v) is 14.3. The lowest BCUT2D eigenvalue weighted by Gasteiger charge is -2.07. The summed E-state index contributed by atoms with van der Waals surface area (Å²) < 4.78 is 20.8. The first-order valence-corrected chi connectivity index (χ1v) is 8.10. The fraction of sp³-hybridized carbons (Fsp3) is 0.0526. The normalized spacial score (nSPS) is 10.7. The molecule has 0 spiro atoms. The number of carbonyl (C=O) groups is 1. The first-order valence-electron chi connectivity index (χ1n) is 8.10. The number of rotatable bonds is 4. The van der Waals surface area contributed by atoms with E-state index in [1.807, 2.05) is 0 Å². The van der Waals surface area contributed by atoms with Crippen LogP contribution in [0.4, 0.5) is 10.1 Å². The van der Waals surface area contributed by atoms with Gasteiger partial charge in [0, 0.05) is 30.4 Å². The number of halogens is 1. The molecule has 1 N–H and O–H groups in total. The molecule has 0 unspecified atom stereocenters. The lowest BCUT2D eigenvalue weighted by Crippen LogP contribution is -2.05. The van der Waals surface area contributed by atoms with Crippen LogP contribution in [-0.2, 0) is 4.79 Å². The van der Waals surface area contributed by atoms with Gasteiger partial charge < -0.3 is 10.1 Å². The fourth-order valence-electron chi connectivity index (χ4n) is 2.59. The van der Waals surface area contributed by atoms with Crippen molar-refractivity contribution in [2.45, 2.75) is 6.92 Å². The number of hydrogen-bond donors (Lipinski definition) is 1. The molecule has 0 saturated heterocycles. The van der Waals surface area contributed by atoms with E-state index < -0.39 is 5.82 Å². The van der Waals surface area contributed by atoms with Crippen molar-refractivity contribution in [2.24, 2.45) is 0 Å². The molecule has 8 heteroatoms. The zero-order valence-electron chi connectivity index (χ0n) is 14.3. The van der Waals surface area contributed by atoms with Crippen molar-refractivity contribution in [2.75, 3.05) is 5.32 Å². The van der Waals surface area contributed by atoms with Crippen LogP contribution in [0, 0.1) is 5.82 Å². The van der Waals surface area contributed by atoms with Gasteiger partial charge in [0.25, 0.3) is 0 Å². The lowest BCUT2D eigenvalue weighted by molar-refractivity contribution is -0.114. The number of imidazole rings is 1. The molecule has 3 heterocycles. The van der Waals surface area contributed by atoms with Crippen LogP contribution in [0.2, 0.25) is 0 Å². The molecule has 27 heavy (non-hydrogen) atoms. The van der Waals surface area contributed by atoms with E-state index in [0.29, 0.717) is 34.2 Å². The van der Waals surface area contributed by atoms with Gasteiger partial charge in [-0.1, -0.05) is 0 Å². The molecule has 0 aliphatic carbocycles. The summed E-state index contributed by atoms with van der Waals surface area (Å²) in [5.74, 6) is 0.327. The van der Waals surface area contributed by atoms with Gasteiger partial charge in [0.2, 0.25) is 11.8 Å². The third-order valence-corrected chi connectivity index (χ3v) is 3.74. The first-order chi connectivity index (χ1) is 13.1. The Balaban J connectivity index is 1.63. The third-order valence-electron chi connectivity index (χ3n) is 3.74. The summed E-state index contributed by atoms with van der Waals surface area (Å²) in [4.78, 5) is 19.2. The molecular formula is C19H14FN5O2. The number of anilines is 1. The molecule has 3 aromatic heterocycles. The topological polar surface area (TPSA) is 81.4 Å². The second-order valence-electron chi connectivity index (χ2n) is 5.78. The summed E-state index contributed by atoms with van der Waals surface area (Å²) in [6.45, 7) is 1.44. The second kappa shape index (κ2) is 6.83. The van der Waals surface area contributed by atoms with Gasteiger partial charge in [-0.3, -0.25) is 9.78 Å². The smallest absolute Gasteiger partial charge is 0.237 e. The third kappa shape index (κ3) is 3.59. The van der Waals surface area contributed by atoms with Crippen LogP contribution in [0.15, 0.2) is 61.1 Å². The number of carbonyl (C=O) groups excluding carboxylic acids is 1. The van der Waals surface area contributed by atoms with E-state index in [0.717, 1.165) is 6.20 Å². The maximum Gasteiger partial charge on any atom is 0.237 e. The van der Waals surface area contributed by atoms with Crippen molar-refractivity contribution in [3.8, 4) is 22.9 Å². The van der Waals surface area contributed by atoms with Crippen LogP contribution in [0.25, 0.3) is 16.9 Å². The van der Waals surface area contributed by atoms with Crippen LogP contribution in [0.3, 0.4) is 0 Å². The molecule has 0 aliphatic heterocycles. The molecular weight excluding hydrogens is 349 g/mol. The molecule has 1 aromatic carbocycles. The van der Waals surface area contributed by atoms with E-state index in [2.05, 4.69) is 20.4 Å². The number of fused-ring (bicyclic) bond motifs is 1. The van der Waals surface area contributed by atoms with E-state index in [-0.39, 0.29) is 5.91 Å². The highest BCUT2D eigenvalue weighted by molar-refractivity contribution is 5.88. The van der Waals surface area contributed by atoms with Crippen molar-refractivity contribution in [3.05, 3.63) is 66.9 Å².